The molecule has 2 heterocycles. The molecule has 0 atom stereocenters. The van der Waals surface area contributed by atoms with Crippen LogP contribution < -0.4 is 5.32 Å². The van der Waals surface area contributed by atoms with Gasteiger partial charge in [-0.3, -0.25) is 9.58 Å². The summed E-state index contributed by atoms with van der Waals surface area (Å²) in [4.78, 5) is 4.91. The highest BCUT2D eigenvalue weighted by atomic mass is 15.3. The van der Waals surface area contributed by atoms with Crippen molar-refractivity contribution in [1.29, 1.82) is 0 Å². The number of nitrogens with zero attached hydrogens (tertiary/aromatic N) is 4. The molecule has 0 spiro atoms. The molecule has 1 aliphatic rings. The maximum Gasteiger partial charge on any atom is 0.0762 e. The third kappa shape index (κ3) is 4.11. The predicted octanol–water partition coefficient (Wildman–Crippen LogP) is -0.243. The van der Waals surface area contributed by atoms with Crippen LogP contribution in [0.15, 0.2) is 12.3 Å². The van der Waals surface area contributed by atoms with Crippen LogP contribution in [0.2, 0.25) is 0 Å². The molecular weight excluding hydrogens is 214 g/mol. The Morgan fingerprint density at radius 1 is 1.24 bits per heavy atom. The van der Waals surface area contributed by atoms with E-state index in [0.29, 0.717) is 0 Å². The smallest absolute Gasteiger partial charge is 0.0762 e. The summed E-state index contributed by atoms with van der Waals surface area (Å²) in [6.07, 6.45) is 1.98. The number of piperazine rings is 1. The minimum atomic E-state index is 0.870. The van der Waals surface area contributed by atoms with Gasteiger partial charge in [-0.2, -0.15) is 5.10 Å². The molecule has 17 heavy (non-hydrogen) atoms. The topological polar surface area (TPSA) is 36.3 Å². The summed E-state index contributed by atoms with van der Waals surface area (Å²) in [6, 6.07) is 2.06. The highest BCUT2D eigenvalue weighted by Gasteiger charge is 2.12. The van der Waals surface area contributed by atoms with Gasteiger partial charge in [-0.15, -0.1) is 0 Å². The van der Waals surface area contributed by atoms with Gasteiger partial charge in [0.1, 0.15) is 0 Å². The SMILES string of the molecule is CN1CCN(CCNCc2ccn(C)n2)CC1. The van der Waals surface area contributed by atoms with Crippen molar-refractivity contribution in [3.05, 3.63) is 18.0 Å². The fourth-order valence-corrected chi connectivity index (χ4v) is 2.08. The molecule has 96 valence electrons. The quantitative estimate of drug-likeness (QED) is 0.717. The lowest BCUT2D eigenvalue weighted by Crippen LogP contribution is -2.46. The van der Waals surface area contributed by atoms with E-state index in [-0.39, 0.29) is 0 Å². The molecule has 1 aromatic heterocycles. The van der Waals surface area contributed by atoms with E-state index in [2.05, 4.69) is 33.3 Å². The van der Waals surface area contributed by atoms with Crippen LogP contribution in [0.3, 0.4) is 0 Å². The van der Waals surface area contributed by atoms with Crippen molar-refractivity contribution in [3.63, 3.8) is 0 Å². The van der Waals surface area contributed by atoms with E-state index in [0.717, 1.165) is 25.3 Å². The fourth-order valence-electron chi connectivity index (χ4n) is 2.08. The first kappa shape index (κ1) is 12.5. The van der Waals surface area contributed by atoms with Crippen LogP contribution in [0.1, 0.15) is 5.69 Å². The van der Waals surface area contributed by atoms with Crippen LogP contribution in [0.4, 0.5) is 0 Å². The zero-order valence-corrected chi connectivity index (χ0v) is 10.9. The molecule has 1 aliphatic heterocycles. The molecule has 5 nitrogen and oxygen atoms in total. The number of hydrogen-bond acceptors (Lipinski definition) is 4. The second kappa shape index (κ2) is 6.14. The zero-order chi connectivity index (χ0) is 12.1. The first-order chi connectivity index (χ1) is 8.24. The minimum Gasteiger partial charge on any atom is -0.310 e. The Labute approximate surface area is 103 Å². The lowest BCUT2D eigenvalue weighted by molar-refractivity contribution is 0.154. The molecule has 0 unspecified atom stereocenters. The van der Waals surface area contributed by atoms with E-state index in [1.54, 1.807) is 0 Å². The van der Waals surface area contributed by atoms with Gasteiger partial charge in [0.25, 0.3) is 0 Å². The monoisotopic (exact) mass is 237 g/mol. The van der Waals surface area contributed by atoms with Gasteiger partial charge in [-0.05, 0) is 13.1 Å². The number of nitrogens with one attached hydrogen (secondary N) is 1. The van der Waals surface area contributed by atoms with Crippen molar-refractivity contribution < 1.29 is 0 Å². The van der Waals surface area contributed by atoms with E-state index in [4.69, 9.17) is 0 Å². The van der Waals surface area contributed by atoms with Crippen LogP contribution in [-0.4, -0.2) is 65.9 Å². The molecule has 0 aliphatic carbocycles. The van der Waals surface area contributed by atoms with E-state index in [1.165, 1.54) is 26.2 Å². The van der Waals surface area contributed by atoms with Crippen LogP contribution in [-0.2, 0) is 13.6 Å². The lowest BCUT2D eigenvalue weighted by atomic mass is 10.3. The summed E-state index contributed by atoms with van der Waals surface area (Å²) in [7, 11) is 4.14. The highest BCUT2D eigenvalue weighted by Crippen LogP contribution is 1.98. The summed E-state index contributed by atoms with van der Waals surface area (Å²) in [6.45, 7) is 7.83. The van der Waals surface area contributed by atoms with Gasteiger partial charge >= 0.3 is 0 Å². The van der Waals surface area contributed by atoms with Crippen LogP contribution in [0, 0.1) is 0 Å². The van der Waals surface area contributed by atoms with Crippen LogP contribution in [0.5, 0.6) is 0 Å². The van der Waals surface area contributed by atoms with Gasteiger partial charge in [-0.25, -0.2) is 0 Å². The number of hydrogen-bond donors (Lipinski definition) is 1. The Hall–Kier alpha value is -0.910. The van der Waals surface area contributed by atoms with E-state index < -0.39 is 0 Å². The van der Waals surface area contributed by atoms with Gasteiger partial charge in [0.15, 0.2) is 0 Å². The average Bonchev–Trinajstić information content (AvgIpc) is 2.73. The summed E-state index contributed by atoms with van der Waals surface area (Å²) >= 11 is 0. The van der Waals surface area contributed by atoms with Crippen molar-refractivity contribution in [2.75, 3.05) is 46.3 Å². The molecule has 0 saturated carbocycles. The Balaban J connectivity index is 1.57. The molecule has 1 aromatic rings. The molecular formula is C12H23N5. The van der Waals surface area contributed by atoms with Crippen molar-refractivity contribution >= 4 is 0 Å². The lowest BCUT2D eigenvalue weighted by Gasteiger charge is -2.32. The summed E-state index contributed by atoms with van der Waals surface area (Å²) in [5.41, 5.74) is 1.12. The molecule has 0 aromatic carbocycles. The average molecular weight is 237 g/mol. The normalized spacial score (nSPS) is 18.7. The third-order valence-electron chi connectivity index (χ3n) is 3.28. The van der Waals surface area contributed by atoms with E-state index in [9.17, 15) is 0 Å². The largest absolute Gasteiger partial charge is 0.310 e. The molecule has 5 heteroatoms. The van der Waals surface area contributed by atoms with Crippen LogP contribution >= 0.6 is 0 Å². The Kier molecular flexibility index (Phi) is 4.53. The number of aromatic nitrogens is 2. The molecule has 1 fully saturated rings. The maximum absolute atomic E-state index is 4.34. The van der Waals surface area contributed by atoms with Crippen LogP contribution in [0.25, 0.3) is 0 Å². The van der Waals surface area contributed by atoms with Crippen molar-refractivity contribution in [2.45, 2.75) is 6.54 Å². The first-order valence-corrected chi connectivity index (χ1v) is 6.34. The van der Waals surface area contributed by atoms with Gasteiger partial charge in [0.2, 0.25) is 0 Å². The highest BCUT2D eigenvalue weighted by molar-refractivity contribution is 4.97. The van der Waals surface area contributed by atoms with Crippen molar-refractivity contribution in [2.24, 2.45) is 7.05 Å². The van der Waals surface area contributed by atoms with E-state index >= 15 is 0 Å². The Morgan fingerprint density at radius 2 is 2.00 bits per heavy atom. The van der Waals surface area contributed by atoms with Gasteiger partial charge in [0.05, 0.1) is 5.69 Å². The van der Waals surface area contributed by atoms with Gasteiger partial charge in [0, 0.05) is 59.1 Å². The third-order valence-corrected chi connectivity index (χ3v) is 3.28. The predicted molar refractivity (Wildman–Crippen MR) is 68.9 cm³/mol. The first-order valence-electron chi connectivity index (χ1n) is 6.34. The minimum absolute atomic E-state index is 0.870. The van der Waals surface area contributed by atoms with Crippen molar-refractivity contribution in [1.82, 2.24) is 24.9 Å². The summed E-state index contributed by atoms with van der Waals surface area (Å²) in [5.74, 6) is 0. The molecule has 1 N–H and O–H groups in total. The fraction of sp³-hybridized carbons (Fsp3) is 0.750. The van der Waals surface area contributed by atoms with Crippen molar-refractivity contribution in [3.8, 4) is 0 Å². The second-order valence-electron chi connectivity index (χ2n) is 4.80. The van der Waals surface area contributed by atoms with Gasteiger partial charge < -0.3 is 10.2 Å². The Morgan fingerprint density at radius 3 is 2.65 bits per heavy atom. The Bertz CT molecular complexity index is 327. The van der Waals surface area contributed by atoms with Gasteiger partial charge in [-0.1, -0.05) is 0 Å². The molecule has 0 amide bonds. The molecule has 0 bridgehead atoms. The molecule has 2 rings (SSSR count). The summed E-state index contributed by atoms with van der Waals surface area (Å²) in [5, 5.41) is 7.78. The standard InChI is InChI=1S/C12H23N5/c1-15-7-9-17(10-8-15)6-4-13-11-12-3-5-16(2)14-12/h3,5,13H,4,6-11H2,1-2H3. The second-order valence-corrected chi connectivity index (χ2v) is 4.80. The number of likely N-dealkylation sites (N-methyl/N-ethyl adjacent to an activating group) is 1. The molecule has 1 saturated heterocycles. The number of rotatable bonds is 5. The molecule has 0 radical (unpaired) electrons. The summed E-state index contributed by atoms with van der Waals surface area (Å²) < 4.78 is 1.84. The number of aryl methyl sites for hydroxylation is 1. The van der Waals surface area contributed by atoms with E-state index in [1.807, 2.05) is 17.9 Å². The maximum atomic E-state index is 4.34. The zero-order valence-electron chi connectivity index (χ0n) is 10.9.